The van der Waals surface area contributed by atoms with Gasteiger partial charge in [0.2, 0.25) is 11.8 Å². The van der Waals surface area contributed by atoms with Crippen molar-refractivity contribution < 1.29 is 14.0 Å². The third-order valence-corrected chi connectivity index (χ3v) is 3.50. The second-order valence-corrected chi connectivity index (χ2v) is 5.12. The zero-order chi connectivity index (χ0) is 14.7. The molecular formula is C14H19ClFN3O2. The molecule has 7 heteroatoms. The maximum absolute atomic E-state index is 13.7. The molecule has 0 aliphatic carbocycles. The number of primary amides is 1. The second-order valence-electron chi connectivity index (χ2n) is 5.12. The highest BCUT2D eigenvalue weighted by Crippen LogP contribution is 2.21. The van der Waals surface area contributed by atoms with Crippen LogP contribution in [0, 0.1) is 11.7 Å². The van der Waals surface area contributed by atoms with Crippen LogP contribution in [0.4, 0.5) is 10.1 Å². The number of nitrogens with two attached hydrogens (primary N) is 1. The maximum Gasteiger partial charge on any atom is 0.248 e. The highest BCUT2D eigenvalue weighted by molar-refractivity contribution is 5.97. The normalized spacial score (nSPS) is 21.2. The quantitative estimate of drug-likeness (QED) is 0.793. The van der Waals surface area contributed by atoms with Crippen molar-refractivity contribution in [1.82, 2.24) is 5.32 Å². The van der Waals surface area contributed by atoms with E-state index in [-0.39, 0.29) is 41.5 Å². The van der Waals surface area contributed by atoms with Gasteiger partial charge in [-0.05, 0) is 44.5 Å². The van der Waals surface area contributed by atoms with E-state index in [0.717, 1.165) is 12.6 Å². The number of rotatable bonds is 3. The number of amides is 2. The largest absolute Gasteiger partial charge is 0.366 e. The molecule has 1 aliphatic heterocycles. The highest BCUT2D eigenvalue weighted by Gasteiger charge is 2.25. The van der Waals surface area contributed by atoms with Crippen LogP contribution in [0.3, 0.4) is 0 Å². The minimum atomic E-state index is -0.656. The van der Waals surface area contributed by atoms with Gasteiger partial charge in [0.1, 0.15) is 5.82 Å². The Morgan fingerprint density at radius 1 is 1.43 bits per heavy atom. The van der Waals surface area contributed by atoms with E-state index in [2.05, 4.69) is 10.6 Å². The molecule has 0 spiro atoms. The molecule has 0 aromatic heterocycles. The molecule has 1 aliphatic rings. The summed E-state index contributed by atoms with van der Waals surface area (Å²) >= 11 is 0. The summed E-state index contributed by atoms with van der Waals surface area (Å²) in [6, 6.07) is 3.95. The molecule has 1 aromatic rings. The lowest BCUT2D eigenvalue weighted by Crippen LogP contribution is -2.40. The van der Waals surface area contributed by atoms with Crippen molar-refractivity contribution in [3.63, 3.8) is 0 Å². The van der Waals surface area contributed by atoms with Crippen LogP contribution in [0.15, 0.2) is 18.2 Å². The summed E-state index contributed by atoms with van der Waals surface area (Å²) in [6.07, 6.45) is 1.43. The maximum atomic E-state index is 13.7. The number of halogens is 2. The van der Waals surface area contributed by atoms with Crippen molar-refractivity contribution in [3.8, 4) is 0 Å². The van der Waals surface area contributed by atoms with Crippen molar-refractivity contribution in [2.45, 2.75) is 25.8 Å². The topological polar surface area (TPSA) is 84.2 Å². The van der Waals surface area contributed by atoms with Crippen molar-refractivity contribution >= 4 is 29.9 Å². The number of nitrogens with one attached hydrogen (secondary N) is 2. The van der Waals surface area contributed by atoms with Crippen LogP contribution in [0.1, 0.15) is 30.1 Å². The fourth-order valence-electron chi connectivity index (χ4n) is 2.38. The Bertz CT molecular complexity index is 539. The summed E-state index contributed by atoms with van der Waals surface area (Å²) in [5, 5.41) is 5.80. The molecule has 21 heavy (non-hydrogen) atoms. The van der Waals surface area contributed by atoms with E-state index in [4.69, 9.17) is 5.73 Å². The van der Waals surface area contributed by atoms with Gasteiger partial charge >= 0.3 is 0 Å². The Morgan fingerprint density at radius 3 is 2.76 bits per heavy atom. The van der Waals surface area contributed by atoms with Gasteiger partial charge in [-0.25, -0.2) is 4.39 Å². The molecule has 5 nitrogen and oxygen atoms in total. The van der Waals surface area contributed by atoms with Crippen LogP contribution in [-0.4, -0.2) is 24.4 Å². The minimum absolute atomic E-state index is 0. The Kier molecular flexibility index (Phi) is 6.11. The van der Waals surface area contributed by atoms with Crippen molar-refractivity contribution in [2.75, 3.05) is 11.9 Å². The molecule has 0 unspecified atom stereocenters. The summed E-state index contributed by atoms with van der Waals surface area (Å²) < 4.78 is 13.7. The molecular weight excluding hydrogens is 297 g/mol. The Hall–Kier alpha value is -1.66. The lowest BCUT2D eigenvalue weighted by molar-refractivity contribution is -0.120. The van der Waals surface area contributed by atoms with E-state index in [1.807, 2.05) is 6.92 Å². The number of anilines is 1. The van der Waals surface area contributed by atoms with Crippen LogP contribution in [0.25, 0.3) is 0 Å². The number of hydrogen-bond acceptors (Lipinski definition) is 3. The van der Waals surface area contributed by atoms with Crippen LogP contribution in [-0.2, 0) is 4.79 Å². The molecule has 0 bridgehead atoms. The van der Waals surface area contributed by atoms with E-state index < -0.39 is 11.7 Å². The molecule has 1 saturated heterocycles. The van der Waals surface area contributed by atoms with E-state index >= 15 is 0 Å². The summed E-state index contributed by atoms with van der Waals surface area (Å²) in [5.74, 6) is -1.61. The third kappa shape index (κ3) is 4.41. The molecule has 0 radical (unpaired) electrons. The highest BCUT2D eigenvalue weighted by atomic mass is 35.5. The monoisotopic (exact) mass is 315 g/mol. The summed E-state index contributed by atoms with van der Waals surface area (Å²) in [7, 11) is 0. The molecule has 2 rings (SSSR count). The molecule has 1 aromatic carbocycles. The average molecular weight is 316 g/mol. The van der Waals surface area contributed by atoms with Crippen molar-refractivity contribution in [3.05, 3.63) is 29.6 Å². The van der Waals surface area contributed by atoms with Gasteiger partial charge in [0.25, 0.3) is 0 Å². The fraction of sp³-hybridized carbons (Fsp3) is 0.429. The van der Waals surface area contributed by atoms with Gasteiger partial charge in [-0.2, -0.15) is 0 Å². The minimum Gasteiger partial charge on any atom is -0.366 e. The van der Waals surface area contributed by atoms with Crippen molar-refractivity contribution in [2.24, 2.45) is 11.7 Å². The second kappa shape index (κ2) is 7.38. The first kappa shape index (κ1) is 17.4. The standard InChI is InChI=1S/C14H18FN3O2.ClH/c1-8-6-10(4-5-17-8)14(20)18-12-7-9(13(16)19)2-3-11(12)15;/h2-3,7-8,10,17H,4-6H2,1H3,(H2,16,19)(H,18,20);1H/t8-,10-;/m0./s1. The van der Waals surface area contributed by atoms with E-state index in [0.29, 0.717) is 12.8 Å². The Morgan fingerprint density at radius 2 is 2.14 bits per heavy atom. The van der Waals surface area contributed by atoms with Gasteiger partial charge in [0, 0.05) is 17.5 Å². The van der Waals surface area contributed by atoms with Gasteiger partial charge < -0.3 is 16.4 Å². The van der Waals surface area contributed by atoms with Gasteiger partial charge in [-0.15, -0.1) is 12.4 Å². The number of carbonyl (C=O) groups is 2. The number of carbonyl (C=O) groups excluding carboxylic acids is 2. The summed E-state index contributed by atoms with van der Waals surface area (Å²) in [5.41, 5.74) is 5.31. The number of piperidine rings is 1. The Balaban J connectivity index is 0.00000220. The number of hydrogen-bond donors (Lipinski definition) is 3. The van der Waals surface area contributed by atoms with Gasteiger partial charge in [0.05, 0.1) is 5.69 Å². The molecule has 2 atom stereocenters. The third-order valence-electron chi connectivity index (χ3n) is 3.50. The predicted molar refractivity (Wildman–Crippen MR) is 81.0 cm³/mol. The number of benzene rings is 1. The first-order valence-electron chi connectivity index (χ1n) is 6.61. The SMILES string of the molecule is C[C@H]1C[C@@H](C(=O)Nc2cc(C(N)=O)ccc2F)CCN1.Cl. The predicted octanol–water partition coefficient (Wildman–Crippen LogP) is 1.67. The van der Waals surface area contributed by atoms with E-state index in [1.165, 1.54) is 12.1 Å². The molecule has 2 amide bonds. The summed E-state index contributed by atoms with van der Waals surface area (Å²) in [4.78, 5) is 23.2. The van der Waals surface area contributed by atoms with Crippen LogP contribution < -0.4 is 16.4 Å². The zero-order valence-corrected chi connectivity index (χ0v) is 12.5. The molecule has 0 saturated carbocycles. The first-order valence-corrected chi connectivity index (χ1v) is 6.61. The van der Waals surface area contributed by atoms with E-state index in [9.17, 15) is 14.0 Å². The van der Waals surface area contributed by atoms with Crippen molar-refractivity contribution in [1.29, 1.82) is 0 Å². The lowest BCUT2D eigenvalue weighted by atomic mass is 9.92. The molecule has 1 fully saturated rings. The smallest absolute Gasteiger partial charge is 0.248 e. The summed E-state index contributed by atoms with van der Waals surface area (Å²) in [6.45, 7) is 2.77. The zero-order valence-electron chi connectivity index (χ0n) is 11.7. The average Bonchev–Trinajstić information content (AvgIpc) is 2.41. The molecule has 1 heterocycles. The van der Waals surface area contributed by atoms with Crippen LogP contribution >= 0.6 is 12.4 Å². The van der Waals surface area contributed by atoms with Gasteiger partial charge in [-0.3, -0.25) is 9.59 Å². The van der Waals surface area contributed by atoms with Crippen LogP contribution in [0.5, 0.6) is 0 Å². The molecule has 4 N–H and O–H groups in total. The van der Waals surface area contributed by atoms with Gasteiger partial charge in [-0.1, -0.05) is 0 Å². The fourth-order valence-corrected chi connectivity index (χ4v) is 2.38. The first-order chi connectivity index (χ1) is 9.47. The molecule has 116 valence electrons. The lowest BCUT2D eigenvalue weighted by Gasteiger charge is -2.27. The van der Waals surface area contributed by atoms with Gasteiger partial charge in [0.15, 0.2) is 0 Å². The van der Waals surface area contributed by atoms with Crippen LogP contribution in [0.2, 0.25) is 0 Å². The Labute approximate surface area is 128 Å². The van der Waals surface area contributed by atoms with E-state index in [1.54, 1.807) is 0 Å².